The fourth-order valence-electron chi connectivity index (χ4n) is 1.79. The summed E-state index contributed by atoms with van der Waals surface area (Å²) >= 11 is 0. The minimum Gasteiger partial charge on any atom is -0.307 e. The van der Waals surface area contributed by atoms with Gasteiger partial charge in [0.2, 0.25) is 0 Å². The van der Waals surface area contributed by atoms with Gasteiger partial charge >= 0.3 is 7.82 Å². The summed E-state index contributed by atoms with van der Waals surface area (Å²) in [5.74, 6) is 0.397. The van der Waals surface area contributed by atoms with Gasteiger partial charge in [-0.25, -0.2) is 4.57 Å². The van der Waals surface area contributed by atoms with Crippen LogP contribution in [0.1, 0.15) is 33.1 Å². The first-order chi connectivity index (χ1) is 10.3. The highest BCUT2D eigenvalue weighted by molar-refractivity contribution is 7.48. The first-order valence-electron chi connectivity index (χ1n) is 8.16. The molecule has 0 N–H and O–H groups in total. The number of phosphoric ester groups is 1. The van der Waals surface area contributed by atoms with Gasteiger partial charge in [0.05, 0.1) is 19.8 Å². The van der Waals surface area contributed by atoms with Crippen LogP contribution in [0.15, 0.2) is 0 Å². The van der Waals surface area contributed by atoms with E-state index in [0.717, 1.165) is 19.3 Å². The number of likely N-dealkylation sites (N-methyl/N-ethyl adjacent to an activating group) is 2. The molecule has 0 aliphatic carbocycles. The number of phosphoric acid groups is 1. The maximum Gasteiger partial charge on any atom is 0.474 e. The molecule has 6 nitrogen and oxygen atoms in total. The first kappa shape index (κ1) is 22.0. The number of rotatable bonds is 14. The zero-order chi connectivity index (χ0) is 17.0. The van der Waals surface area contributed by atoms with Crippen LogP contribution in [0.5, 0.6) is 0 Å². The Hall–Kier alpha value is 0.0300. The predicted molar refractivity (Wildman–Crippen MR) is 91.3 cm³/mol. The van der Waals surface area contributed by atoms with Gasteiger partial charge in [0.25, 0.3) is 0 Å². The highest BCUT2D eigenvalue weighted by atomic mass is 31.2. The average Bonchev–Trinajstić information content (AvgIpc) is 2.42. The molecule has 0 aromatic heterocycles. The molecule has 1 atom stereocenters. The van der Waals surface area contributed by atoms with Crippen molar-refractivity contribution in [3.05, 3.63) is 0 Å². The second-order valence-electron chi connectivity index (χ2n) is 6.08. The molecule has 0 radical (unpaired) electrons. The summed E-state index contributed by atoms with van der Waals surface area (Å²) in [6.45, 7) is 6.70. The lowest BCUT2D eigenvalue weighted by molar-refractivity contribution is 0.0888. The van der Waals surface area contributed by atoms with Crippen molar-refractivity contribution in [1.29, 1.82) is 0 Å². The fourth-order valence-corrected chi connectivity index (χ4v) is 3.02. The van der Waals surface area contributed by atoms with Crippen LogP contribution in [0.2, 0.25) is 0 Å². The van der Waals surface area contributed by atoms with Crippen molar-refractivity contribution in [2.24, 2.45) is 5.92 Å². The molecule has 0 bridgehead atoms. The van der Waals surface area contributed by atoms with E-state index in [1.807, 2.05) is 38.0 Å². The largest absolute Gasteiger partial charge is 0.474 e. The van der Waals surface area contributed by atoms with E-state index >= 15 is 0 Å². The van der Waals surface area contributed by atoms with Crippen LogP contribution in [-0.2, 0) is 18.1 Å². The Kier molecular flexibility index (Phi) is 12.5. The van der Waals surface area contributed by atoms with Crippen LogP contribution < -0.4 is 0 Å². The van der Waals surface area contributed by atoms with Gasteiger partial charge in [0, 0.05) is 13.1 Å². The zero-order valence-corrected chi connectivity index (χ0v) is 16.1. The molecule has 134 valence electrons. The van der Waals surface area contributed by atoms with Crippen molar-refractivity contribution in [2.45, 2.75) is 33.1 Å². The fraction of sp³-hybridized carbons (Fsp3) is 1.00. The van der Waals surface area contributed by atoms with Gasteiger partial charge in [-0.15, -0.1) is 0 Å². The van der Waals surface area contributed by atoms with Gasteiger partial charge in [-0.05, 0) is 40.5 Å². The quantitative estimate of drug-likeness (QED) is 0.454. The Morgan fingerprint density at radius 3 is 1.77 bits per heavy atom. The second kappa shape index (κ2) is 12.5. The molecule has 7 heteroatoms. The van der Waals surface area contributed by atoms with E-state index in [4.69, 9.17) is 13.6 Å². The maximum absolute atomic E-state index is 12.7. The second-order valence-corrected chi connectivity index (χ2v) is 7.75. The van der Waals surface area contributed by atoms with Crippen LogP contribution in [0.3, 0.4) is 0 Å². The first-order valence-corrected chi connectivity index (χ1v) is 9.62. The standard InChI is InChI=1S/C15H35N2O4P/c1-7-9-15(8-2)14-21-22(18,19-12-10-16(3)4)20-13-11-17(5)6/h15H,7-14H2,1-6H3. The maximum atomic E-state index is 12.7. The van der Waals surface area contributed by atoms with E-state index in [1.165, 1.54) is 0 Å². The molecule has 0 aliphatic rings. The van der Waals surface area contributed by atoms with Crippen molar-refractivity contribution >= 4 is 7.82 Å². The monoisotopic (exact) mass is 338 g/mol. The molecule has 0 rings (SSSR count). The van der Waals surface area contributed by atoms with Crippen LogP contribution >= 0.6 is 7.82 Å². The molecule has 0 aromatic rings. The lowest BCUT2D eigenvalue weighted by atomic mass is 10.0. The molecule has 0 spiro atoms. The highest BCUT2D eigenvalue weighted by Gasteiger charge is 2.27. The van der Waals surface area contributed by atoms with Crippen LogP contribution in [0.25, 0.3) is 0 Å². The van der Waals surface area contributed by atoms with E-state index in [9.17, 15) is 4.57 Å². The van der Waals surface area contributed by atoms with Gasteiger partial charge in [0.1, 0.15) is 0 Å². The molecule has 22 heavy (non-hydrogen) atoms. The predicted octanol–water partition coefficient (Wildman–Crippen LogP) is 3.09. The summed E-state index contributed by atoms with van der Waals surface area (Å²) in [6.07, 6.45) is 3.16. The van der Waals surface area contributed by atoms with Crippen LogP contribution in [0.4, 0.5) is 0 Å². The van der Waals surface area contributed by atoms with Crippen molar-refractivity contribution in [1.82, 2.24) is 9.80 Å². The minimum absolute atomic E-state index is 0.330. The topological polar surface area (TPSA) is 51.2 Å². The highest BCUT2D eigenvalue weighted by Crippen LogP contribution is 2.49. The van der Waals surface area contributed by atoms with Gasteiger partial charge in [0.15, 0.2) is 0 Å². The van der Waals surface area contributed by atoms with Gasteiger partial charge in [-0.1, -0.05) is 26.7 Å². The summed E-state index contributed by atoms with van der Waals surface area (Å²) < 4.78 is 29.2. The van der Waals surface area contributed by atoms with Crippen LogP contribution in [0, 0.1) is 5.92 Å². The summed E-state index contributed by atoms with van der Waals surface area (Å²) in [7, 11) is 4.29. The van der Waals surface area contributed by atoms with Crippen LogP contribution in [-0.4, -0.2) is 70.9 Å². The number of nitrogens with zero attached hydrogens (tertiary/aromatic N) is 2. The molecular formula is C15H35N2O4P. The van der Waals surface area contributed by atoms with Crippen molar-refractivity contribution in [3.8, 4) is 0 Å². The van der Waals surface area contributed by atoms with E-state index in [1.54, 1.807) is 0 Å². The smallest absolute Gasteiger partial charge is 0.307 e. The van der Waals surface area contributed by atoms with E-state index in [-0.39, 0.29) is 0 Å². The Morgan fingerprint density at radius 2 is 1.41 bits per heavy atom. The molecule has 0 fully saturated rings. The molecule has 0 saturated carbocycles. The Morgan fingerprint density at radius 1 is 0.909 bits per heavy atom. The number of hydrogen-bond donors (Lipinski definition) is 0. The molecule has 0 heterocycles. The van der Waals surface area contributed by atoms with Crippen molar-refractivity contribution in [2.75, 3.05) is 61.1 Å². The third kappa shape index (κ3) is 11.6. The number of hydrogen-bond acceptors (Lipinski definition) is 6. The van der Waals surface area contributed by atoms with Gasteiger partial charge < -0.3 is 9.80 Å². The summed E-state index contributed by atoms with van der Waals surface area (Å²) in [5.41, 5.74) is 0. The molecule has 0 amide bonds. The van der Waals surface area contributed by atoms with Crippen molar-refractivity contribution < 1.29 is 18.1 Å². The summed E-state index contributed by atoms with van der Waals surface area (Å²) in [6, 6.07) is 0. The van der Waals surface area contributed by atoms with E-state index < -0.39 is 7.82 Å². The summed E-state index contributed by atoms with van der Waals surface area (Å²) in [5, 5.41) is 0. The molecule has 0 aliphatic heterocycles. The zero-order valence-electron chi connectivity index (χ0n) is 15.2. The van der Waals surface area contributed by atoms with Gasteiger partial charge in [-0.3, -0.25) is 13.6 Å². The molecule has 0 aromatic carbocycles. The Labute approximate surface area is 136 Å². The molecular weight excluding hydrogens is 303 g/mol. The molecule has 1 unspecified atom stereocenters. The SMILES string of the molecule is CCCC(CC)COP(=O)(OCCN(C)C)OCCN(C)C. The molecule has 0 saturated heterocycles. The minimum atomic E-state index is -3.48. The summed E-state index contributed by atoms with van der Waals surface area (Å²) in [4.78, 5) is 3.94. The normalized spacial score (nSPS) is 14.0. The lowest BCUT2D eigenvalue weighted by Crippen LogP contribution is -2.21. The lowest BCUT2D eigenvalue weighted by Gasteiger charge is -2.22. The Bertz CT molecular complexity index is 296. The van der Waals surface area contributed by atoms with E-state index in [2.05, 4.69) is 13.8 Å². The van der Waals surface area contributed by atoms with E-state index in [0.29, 0.717) is 38.8 Å². The van der Waals surface area contributed by atoms with Gasteiger partial charge in [-0.2, -0.15) is 0 Å². The average molecular weight is 338 g/mol. The third-order valence-electron chi connectivity index (χ3n) is 3.32. The Balaban J connectivity index is 4.44. The van der Waals surface area contributed by atoms with Crippen molar-refractivity contribution in [3.63, 3.8) is 0 Å². The third-order valence-corrected chi connectivity index (χ3v) is 4.78.